The van der Waals surface area contributed by atoms with Gasteiger partial charge in [0.25, 0.3) is 0 Å². The normalized spacial score (nSPS) is 11.8. The first-order chi connectivity index (χ1) is 15.5. The zero-order valence-corrected chi connectivity index (χ0v) is 18.2. The minimum Gasteiger partial charge on any atom is -0.408 e. The number of fused-ring (bicyclic) bond motifs is 1. The monoisotopic (exact) mass is 463 g/mol. The number of sulfonamides is 1. The summed E-state index contributed by atoms with van der Waals surface area (Å²) in [5.74, 6) is -0.626. The van der Waals surface area contributed by atoms with Crippen molar-refractivity contribution in [3.05, 3.63) is 94.3 Å². The Kier molecular flexibility index (Phi) is 5.22. The van der Waals surface area contributed by atoms with E-state index in [1.165, 1.54) is 18.2 Å². The van der Waals surface area contributed by atoms with Crippen LogP contribution in [0.3, 0.4) is 0 Å². The molecule has 0 atom stereocenters. The molecule has 160 valence electrons. The number of aromatic nitrogens is 2. The van der Waals surface area contributed by atoms with Gasteiger partial charge in [-0.1, -0.05) is 54.6 Å². The summed E-state index contributed by atoms with van der Waals surface area (Å²) < 4.78 is 32.8. The van der Waals surface area contributed by atoms with Crippen LogP contribution >= 0.6 is 11.3 Å². The molecule has 5 rings (SSSR count). The maximum atomic E-state index is 12.6. The number of aromatic amines is 1. The fourth-order valence-electron chi connectivity index (χ4n) is 3.27. The van der Waals surface area contributed by atoms with E-state index in [1.807, 2.05) is 60.0 Å². The van der Waals surface area contributed by atoms with Crippen molar-refractivity contribution in [1.29, 1.82) is 0 Å². The first-order valence-electron chi connectivity index (χ1n) is 9.71. The molecule has 0 spiro atoms. The summed E-state index contributed by atoms with van der Waals surface area (Å²) >= 11 is 1.56. The lowest BCUT2D eigenvalue weighted by Gasteiger charge is -2.07. The molecule has 0 aliphatic heterocycles. The lowest BCUT2D eigenvalue weighted by molar-refractivity contribution is 0.553. The zero-order valence-electron chi connectivity index (χ0n) is 16.6. The molecule has 7 nitrogen and oxygen atoms in total. The number of nitrogens with zero attached hydrogens (tertiary/aromatic N) is 1. The van der Waals surface area contributed by atoms with Crippen LogP contribution in [0, 0.1) is 0 Å². The molecule has 3 aromatic carbocycles. The van der Waals surface area contributed by atoms with E-state index in [-0.39, 0.29) is 17.0 Å². The Hall–Kier alpha value is -3.53. The van der Waals surface area contributed by atoms with Crippen LogP contribution in [0.5, 0.6) is 0 Å². The Labute approximate surface area is 187 Å². The van der Waals surface area contributed by atoms with Crippen molar-refractivity contribution in [3.8, 4) is 21.8 Å². The fraction of sp³-hybridized carbons (Fsp3) is 0.0435. The number of thiazole rings is 1. The van der Waals surface area contributed by atoms with Crippen molar-refractivity contribution in [3.63, 3.8) is 0 Å². The minimum atomic E-state index is -3.77. The van der Waals surface area contributed by atoms with Crippen molar-refractivity contribution in [2.45, 2.75) is 11.4 Å². The molecule has 0 radical (unpaired) electrons. The van der Waals surface area contributed by atoms with Crippen molar-refractivity contribution in [2.24, 2.45) is 0 Å². The maximum absolute atomic E-state index is 12.6. The molecule has 0 unspecified atom stereocenters. The van der Waals surface area contributed by atoms with Gasteiger partial charge < -0.3 is 4.42 Å². The number of hydrogen-bond donors (Lipinski definition) is 2. The van der Waals surface area contributed by atoms with Gasteiger partial charge in [0, 0.05) is 29.1 Å². The van der Waals surface area contributed by atoms with E-state index >= 15 is 0 Å². The first kappa shape index (κ1) is 20.4. The summed E-state index contributed by atoms with van der Waals surface area (Å²) in [5.41, 5.74) is 4.42. The van der Waals surface area contributed by atoms with Crippen LogP contribution in [-0.2, 0) is 16.6 Å². The van der Waals surface area contributed by atoms with Gasteiger partial charge in [0.1, 0.15) is 5.01 Å². The Morgan fingerprint density at radius 1 is 0.969 bits per heavy atom. The van der Waals surface area contributed by atoms with Crippen LogP contribution in [0.4, 0.5) is 0 Å². The molecule has 2 N–H and O–H groups in total. The van der Waals surface area contributed by atoms with Gasteiger partial charge in [0.05, 0.1) is 16.1 Å². The molecule has 0 saturated heterocycles. The summed E-state index contributed by atoms with van der Waals surface area (Å²) in [4.78, 5) is 18.5. The standard InChI is InChI=1S/C23H17N3O4S2/c27-23-26-19-11-10-18(12-21(19)30-23)32(28,29)24-13-15-6-8-17(9-7-15)22-25-20(14-31-22)16-4-2-1-3-5-16/h1-12,14,24H,13H2,(H,26,27). The summed E-state index contributed by atoms with van der Waals surface area (Å²) in [6.07, 6.45) is 0. The predicted octanol–water partition coefficient (Wildman–Crippen LogP) is 4.39. The highest BCUT2D eigenvalue weighted by Crippen LogP contribution is 2.29. The number of benzene rings is 3. The topological polar surface area (TPSA) is 105 Å². The van der Waals surface area contributed by atoms with Crippen LogP contribution in [0.15, 0.2) is 92.3 Å². The Bertz CT molecular complexity index is 1550. The SMILES string of the molecule is O=c1[nH]c2ccc(S(=O)(=O)NCc3ccc(-c4nc(-c5ccccc5)cs4)cc3)cc2o1. The zero-order chi connectivity index (χ0) is 22.1. The third-order valence-corrected chi connectivity index (χ3v) is 7.23. The minimum absolute atomic E-state index is 0.0283. The Balaban J connectivity index is 1.29. The van der Waals surface area contributed by atoms with E-state index in [2.05, 4.69) is 9.71 Å². The molecule has 0 fully saturated rings. The maximum Gasteiger partial charge on any atom is 0.417 e. The molecule has 2 aromatic heterocycles. The second-order valence-corrected chi connectivity index (χ2v) is 9.72. The fourth-order valence-corrected chi connectivity index (χ4v) is 5.14. The van der Waals surface area contributed by atoms with Crippen molar-refractivity contribution >= 4 is 32.5 Å². The number of nitrogens with one attached hydrogen (secondary N) is 2. The Morgan fingerprint density at radius 2 is 1.75 bits per heavy atom. The lowest BCUT2D eigenvalue weighted by Crippen LogP contribution is -2.23. The van der Waals surface area contributed by atoms with Crippen molar-refractivity contribution in [1.82, 2.24) is 14.7 Å². The van der Waals surface area contributed by atoms with Crippen LogP contribution in [-0.4, -0.2) is 18.4 Å². The van der Waals surface area contributed by atoms with E-state index < -0.39 is 15.8 Å². The van der Waals surface area contributed by atoms with E-state index in [0.717, 1.165) is 27.4 Å². The quantitative estimate of drug-likeness (QED) is 0.389. The average molecular weight is 464 g/mol. The molecule has 0 aliphatic carbocycles. The summed E-state index contributed by atoms with van der Waals surface area (Å²) in [7, 11) is -3.77. The van der Waals surface area contributed by atoms with E-state index in [9.17, 15) is 13.2 Å². The smallest absolute Gasteiger partial charge is 0.408 e. The van der Waals surface area contributed by atoms with Crippen LogP contribution < -0.4 is 10.5 Å². The second kappa shape index (κ2) is 8.19. The molecule has 0 amide bonds. The molecule has 32 heavy (non-hydrogen) atoms. The number of hydrogen-bond acceptors (Lipinski definition) is 6. The number of H-pyrrole nitrogens is 1. The van der Waals surface area contributed by atoms with Crippen molar-refractivity contribution in [2.75, 3.05) is 0 Å². The van der Waals surface area contributed by atoms with E-state index in [4.69, 9.17) is 9.40 Å². The summed E-state index contributed by atoms with van der Waals surface area (Å²) in [5, 5.41) is 2.92. The molecule has 2 heterocycles. The summed E-state index contributed by atoms with van der Waals surface area (Å²) in [6, 6.07) is 21.8. The van der Waals surface area contributed by atoms with Gasteiger partial charge in [-0.15, -0.1) is 11.3 Å². The lowest BCUT2D eigenvalue weighted by atomic mass is 10.1. The number of rotatable bonds is 6. The largest absolute Gasteiger partial charge is 0.417 e. The highest BCUT2D eigenvalue weighted by atomic mass is 32.2. The predicted molar refractivity (Wildman–Crippen MR) is 124 cm³/mol. The highest BCUT2D eigenvalue weighted by Gasteiger charge is 2.16. The van der Waals surface area contributed by atoms with Gasteiger partial charge >= 0.3 is 5.76 Å². The third kappa shape index (κ3) is 4.13. The average Bonchev–Trinajstić information content (AvgIpc) is 3.44. The van der Waals surface area contributed by atoms with Gasteiger partial charge in [-0.3, -0.25) is 4.98 Å². The molecule has 0 bridgehead atoms. The van der Waals surface area contributed by atoms with Gasteiger partial charge in [-0.25, -0.2) is 22.9 Å². The molecule has 9 heteroatoms. The van der Waals surface area contributed by atoms with Crippen LogP contribution in [0.1, 0.15) is 5.56 Å². The Morgan fingerprint density at radius 3 is 2.53 bits per heavy atom. The van der Waals surface area contributed by atoms with Crippen molar-refractivity contribution < 1.29 is 12.8 Å². The van der Waals surface area contributed by atoms with Gasteiger partial charge in [-0.05, 0) is 17.7 Å². The van der Waals surface area contributed by atoms with Crippen LogP contribution in [0.2, 0.25) is 0 Å². The van der Waals surface area contributed by atoms with Gasteiger partial charge in [-0.2, -0.15) is 0 Å². The number of oxazole rings is 1. The molecule has 0 saturated carbocycles. The van der Waals surface area contributed by atoms with E-state index in [1.54, 1.807) is 11.3 Å². The molecular formula is C23H17N3O4S2. The van der Waals surface area contributed by atoms with E-state index in [0.29, 0.717) is 5.52 Å². The van der Waals surface area contributed by atoms with Gasteiger partial charge in [0.2, 0.25) is 10.0 Å². The molecular weight excluding hydrogens is 446 g/mol. The first-order valence-corrected chi connectivity index (χ1v) is 12.1. The molecule has 0 aliphatic rings. The summed E-state index contributed by atoms with van der Waals surface area (Å²) in [6.45, 7) is 0.130. The van der Waals surface area contributed by atoms with Crippen LogP contribution in [0.25, 0.3) is 32.9 Å². The van der Waals surface area contributed by atoms with Gasteiger partial charge in [0.15, 0.2) is 5.58 Å². The molecule has 5 aromatic rings. The highest BCUT2D eigenvalue weighted by molar-refractivity contribution is 7.89. The second-order valence-electron chi connectivity index (χ2n) is 7.10. The third-order valence-electron chi connectivity index (χ3n) is 4.94.